The fourth-order valence-corrected chi connectivity index (χ4v) is 3.77. The molecule has 0 spiro atoms. The molecular formula is C29H29N3O4. The number of benzene rings is 4. The van der Waals surface area contributed by atoms with Crippen LogP contribution in [0, 0.1) is 0 Å². The average Bonchev–Trinajstić information content (AvgIpc) is 2.93. The van der Waals surface area contributed by atoms with Gasteiger partial charge in [-0.25, -0.2) is 0 Å². The third-order valence-corrected chi connectivity index (χ3v) is 5.87. The number of rotatable bonds is 9. The minimum absolute atomic E-state index is 0.00555. The van der Waals surface area contributed by atoms with Crippen LogP contribution in [0.4, 0.5) is 17.1 Å². The van der Waals surface area contributed by atoms with Gasteiger partial charge in [0, 0.05) is 23.9 Å². The first-order valence-electron chi connectivity index (χ1n) is 11.5. The van der Waals surface area contributed by atoms with Crippen molar-refractivity contribution in [2.24, 2.45) is 0 Å². The number of aliphatic hydroxyl groups is 1. The second kappa shape index (κ2) is 11.3. The van der Waals surface area contributed by atoms with Crippen LogP contribution in [-0.4, -0.2) is 25.2 Å². The van der Waals surface area contributed by atoms with E-state index in [1.54, 1.807) is 32.4 Å². The van der Waals surface area contributed by atoms with Gasteiger partial charge < -0.3 is 30.9 Å². The largest absolute Gasteiger partial charge is 0.493 e. The highest BCUT2D eigenvalue weighted by Crippen LogP contribution is 2.30. The number of hydrogen-bond acceptors (Lipinski definition) is 6. The van der Waals surface area contributed by atoms with E-state index in [2.05, 4.69) is 10.6 Å². The molecule has 0 fully saturated rings. The minimum atomic E-state index is -0.242. The Kier molecular flexibility index (Phi) is 7.72. The molecule has 0 aliphatic rings. The molecule has 0 bridgehead atoms. The number of ether oxygens (including phenoxy) is 2. The van der Waals surface area contributed by atoms with Crippen LogP contribution in [0.25, 0.3) is 11.1 Å². The van der Waals surface area contributed by atoms with E-state index in [-0.39, 0.29) is 12.5 Å². The Labute approximate surface area is 210 Å². The van der Waals surface area contributed by atoms with E-state index < -0.39 is 0 Å². The van der Waals surface area contributed by atoms with Crippen molar-refractivity contribution in [1.29, 1.82) is 0 Å². The first kappa shape index (κ1) is 24.6. The number of carbonyl (C=O) groups is 1. The van der Waals surface area contributed by atoms with Crippen LogP contribution in [0.1, 0.15) is 21.5 Å². The van der Waals surface area contributed by atoms with Crippen LogP contribution in [0.3, 0.4) is 0 Å². The fraction of sp³-hybridized carbons (Fsp3) is 0.138. The highest BCUT2D eigenvalue weighted by Gasteiger charge is 2.10. The number of aliphatic hydroxyl groups excluding tert-OH is 1. The van der Waals surface area contributed by atoms with Crippen molar-refractivity contribution < 1.29 is 19.4 Å². The molecule has 1 amide bonds. The normalized spacial score (nSPS) is 10.5. The number of methoxy groups -OCH3 is 2. The highest BCUT2D eigenvalue weighted by molar-refractivity contribution is 6.06. The zero-order valence-corrected chi connectivity index (χ0v) is 20.2. The standard InChI is InChI=1S/C29H29N3O4/c1-35-27-14-12-24(16-28(27)36-2)31-17-19-3-9-22(10-4-19)29(34)32-26-15-23(11-13-25(26)30)21-7-5-20(18-33)6-8-21/h3-16,31,33H,17-18,30H2,1-2H3,(H,32,34). The number of hydrogen-bond donors (Lipinski definition) is 4. The summed E-state index contributed by atoms with van der Waals surface area (Å²) in [5, 5.41) is 15.5. The Hall–Kier alpha value is -4.49. The van der Waals surface area contributed by atoms with E-state index in [1.165, 1.54) is 0 Å². The molecule has 7 nitrogen and oxygen atoms in total. The van der Waals surface area contributed by atoms with Gasteiger partial charge in [-0.1, -0.05) is 42.5 Å². The van der Waals surface area contributed by atoms with Gasteiger partial charge in [-0.3, -0.25) is 4.79 Å². The van der Waals surface area contributed by atoms with Crippen LogP contribution in [0.2, 0.25) is 0 Å². The quantitative estimate of drug-likeness (QED) is 0.241. The van der Waals surface area contributed by atoms with Gasteiger partial charge in [-0.05, 0) is 58.7 Å². The SMILES string of the molecule is COc1ccc(NCc2ccc(C(=O)Nc3cc(-c4ccc(CO)cc4)ccc3N)cc2)cc1OC. The molecule has 0 atom stereocenters. The van der Waals surface area contributed by atoms with E-state index >= 15 is 0 Å². The molecule has 5 N–H and O–H groups in total. The summed E-state index contributed by atoms with van der Waals surface area (Å²) in [4.78, 5) is 12.9. The maximum absolute atomic E-state index is 12.9. The number of nitrogens with two attached hydrogens (primary N) is 1. The molecule has 184 valence electrons. The molecule has 4 aromatic carbocycles. The molecule has 0 unspecified atom stereocenters. The van der Waals surface area contributed by atoms with Gasteiger partial charge in [0.15, 0.2) is 11.5 Å². The van der Waals surface area contributed by atoms with Crippen molar-refractivity contribution in [3.63, 3.8) is 0 Å². The second-order valence-corrected chi connectivity index (χ2v) is 8.23. The van der Waals surface area contributed by atoms with Gasteiger partial charge >= 0.3 is 0 Å². The molecule has 0 aliphatic carbocycles. The summed E-state index contributed by atoms with van der Waals surface area (Å²) in [6.45, 7) is 0.579. The number of anilines is 3. The molecule has 36 heavy (non-hydrogen) atoms. The summed E-state index contributed by atoms with van der Waals surface area (Å²) in [7, 11) is 3.20. The minimum Gasteiger partial charge on any atom is -0.493 e. The van der Waals surface area contributed by atoms with E-state index in [9.17, 15) is 9.90 Å². The molecule has 0 radical (unpaired) electrons. The summed E-state index contributed by atoms with van der Waals surface area (Å²) in [6.07, 6.45) is 0. The lowest BCUT2D eigenvalue weighted by atomic mass is 10.0. The van der Waals surface area contributed by atoms with Crippen LogP contribution in [0.5, 0.6) is 11.5 Å². The van der Waals surface area contributed by atoms with E-state index in [4.69, 9.17) is 15.2 Å². The third-order valence-electron chi connectivity index (χ3n) is 5.87. The van der Waals surface area contributed by atoms with Gasteiger partial charge in [-0.15, -0.1) is 0 Å². The monoisotopic (exact) mass is 483 g/mol. The average molecular weight is 484 g/mol. The van der Waals surface area contributed by atoms with Crippen LogP contribution in [-0.2, 0) is 13.2 Å². The zero-order chi connectivity index (χ0) is 25.5. The number of carbonyl (C=O) groups excluding carboxylic acids is 1. The first-order valence-corrected chi connectivity index (χ1v) is 11.5. The number of nitrogens with one attached hydrogen (secondary N) is 2. The van der Waals surface area contributed by atoms with Crippen LogP contribution < -0.4 is 25.8 Å². The zero-order valence-electron chi connectivity index (χ0n) is 20.2. The Balaban J connectivity index is 1.41. The molecule has 0 heterocycles. The Bertz CT molecular complexity index is 1340. The predicted octanol–water partition coefficient (Wildman–Crippen LogP) is 5.31. The van der Waals surface area contributed by atoms with Gasteiger partial charge in [0.05, 0.1) is 32.2 Å². The molecular weight excluding hydrogens is 454 g/mol. The molecule has 0 aliphatic heterocycles. The fourth-order valence-electron chi connectivity index (χ4n) is 3.77. The summed E-state index contributed by atoms with van der Waals surface area (Å²) >= 11 is 0. The van der Waals surface area contributed by atoms with Gasteiger partial charge in [0.2, 0.25) is 0 Å². The number of nitrogen functional groups attached to an aromatic ring is 1. The second-order valence-electron chi connectivity index (χ2n) is 8.23. The molecule has 4 aromatic rings. The van der Waals surface area contributed by atoms with Gasteiger partial charge in [0.25, 0.3) is 5.91 Å². The molecule has 4 rings (SSSR count). The van der Waals surface area contributed by atoms with Crippen molar-refractivity contribution in [3.05, 3.63) is 102 Å². The summed E-state index contributed by atoms with van der Waals surface area (Å²) < 4.78 is 10.6. The highest BCUT2D eigenvalue weighted by atomic mass is 16.5. The van der Waals surface area contributed by atoms with Crippen LogP contribution in [0.15, 0.2) is 84.9 Å². The molecule has 7 heteroatoms. The van der Waals surface area contributed by atoms with Crippen molar-refractivity contribution in [2.75, 3.05) is 30.6 Å². The lowest BCUT2D eigenvalue weighted by Crippen LogP contribution is -2.13. The lowest BCUT2D eigenvalue weighted by Gasteiger charge is -2.12. The van der Waals surface area contributed by atoms with Crippen LogP contribution >= 0.6 is 0 Å². The summed E-state index contributed by atoms with van der Waals surface area (Å²) in [5.41, 5.74) is 12.3. The lowest BCUT2D eigenvalue weighted by molar-refractivity contribution is 0.102. The van der Waals surface area contributed by atoms with Gasteiger partial charge in [-0.2, -0.15) is 0 Å². The Morgan fingerprint density at radius 1 is 0.806 bits per heavy atom. The maximum Gasteiger partial charge on any atom is 0.255 e. The van der Waals surface area contributed by atoms with E-state index in [0.717, 1.165) is 27.9 Å². The van der Waals surface area contributed by atoms with Crippen molar-refractivity contribution in [3.8, 4) is 22.6 Å². The van der Waals surface area contributed by atoms with E-state index in [0.29, 0.717) is 35.0 Å². The molecule has 0 saturated carbocycles. The number of amides is 1. The van der Waals surface area contributed by atoms with Crippen molar-refractivity contribution in [1.82, 2.24) is 0 Å². The van der Waals surface area contributed by atoms with Crippen molar-refractivity contribution >= 4 is 23.0 Å². The molecule has 0 saturated heterocycles. The summed E-state index contributed by atoms with van der Waals surface area (Å²) in [5.74, 6) is 1.08. The van der Waals surface area contributed by atoms with E-state index in [1.807, 2.05) is 66.7 Å². The summed E-state index contributed by atoms with van der Waals surface area (Å²) in [6, 6.07) is 26.1. The predicted molar refractivity (Wildman–Crippen MR) is 143 cm³/mol. The maximum atomic E-state index is 12.9. The third kappa shape index (κ3) is 5.76. The topological polar surface area (TPSA) is 106 Å². The Morgan fingerprint density at radius 3 is 2.14 bits per heavy atom. The first-order chi connectivity index (χ1) is 17.5. The van der Waals surface area contributed by atoms with Crippen molar-refractivity contribution in [2.45, 2.75) is 13.2 Å². The Morgan fingerprint density at radius 2 is 1.47 bits per heavy atom. The van der Waals surface area contributed by atoms with Gasteiger partial charge in [0.1, 0.15) is 0 Å². The molecule has 0 aromatic heterocycles. The smallest absolute Gasteiger partial charge is 0.255 e.